The lowest BCUT2D eigenvalue weighted by Gasteiger charge is -2.21. The van der Waals surface area contributed by atoms with E-state index >= 15 is 0 Å². The molecule has 1 aliphatic heterocycles. The Labute approximate surface area is 83.8 Å². The van der Waals surface area contributed by atoms with Gasteiger partial charge in [0.1, 0.15) is 6.17 Å². The molecule has 1 rings (SSSR count). The van der Waals surface area contributed by atoms with Crippen LogP contribution in [0.2, 0.25) is 0 Å². The number of hydrogen-bond acceptors (Lipinski definition) is 2. The van der Waals surface area contributed by atoms with Crippen LogP contribution < -0.4 is 5.73 Å². The smallest absolute Gasteiger partial charge is 0.246 e. The molecule has 2 N–H and O–H groups in total. The summed E-state index contributed by atoms with van der Waals surface area (Å²) < 4.78 is 13.0. The van der Waals surface area contributed by atoms with Gasteiger partial charge < -0.3 is 10.6 Å². The molecule has 0 spiro atoms. The van der Waals surface area contributed by atoms with Crippen LogP contribution in [0.3, 0.4) is 0 Å². The van der Waals surface area contributed by atoms with Crippen molar-refractivity contribution in [1.82, 2.24) is 4.90 Å². The van der Waals surface area contributed by atoms with Crippen molar-refractivity contribution in [2.45, 2.75) is 32.5 Å². The number of amides is 1. The normalized spacial score (nSPS) is 26.4. The van der Waals surface area contributed by atoms with Crippen LogP contribution in [0.15, 0.2) is 11.6 Å². The predicted octanol–water partition coefficient (Wildman–Crippen LogP) is 0.850. The van der Waals surface area contributed by atoms with Crippen molar-refractivity contribution in [1.29, 1.82) is 0 Å². The highest BCUT2D eigenvalue weighted by Crippen LogP contribution is 2.20. The van der Waals surface area contributed by atoms with Gasteiger partial charge in [-0.2, -0.15) is 0 Å². The third-order valence-corrected chi connectivity index (χ3v) is 2.33. The molecule has 0 unspecified atom stereocenters. The highest BCUT2D eigenvalue weighted by molar-refractivity contribution is 5.88. The highest BCUT2D eigenvalue weighted by atomic mass is 19.1. The summed E-state index contributed by atoms with van der Waals surface area (Å²) in [7, 11) is 0. The zero-order valence-corrected chi connectivity index (χ0v) is 8.66. The number of rotatable bonds is 2. The van der Waals surface area contributed by atoms with Gasteiger partial charge in [0.05, 0.1) is 6.54 Å². The van der Waals surface area contributed by atoms with Gasteiger partial charge in [0.15, 0.2) is 0 Å². The summed E-state index contributed by atoms with van der Waals surface area (Å²) >= 11 is 0. The van der Waals surface area contributed by atoms with Gasteiger partial charge in [-0.25, -0.2) is 4.39 Å². The Kier molecular flexibility index (Phi) is 3.63. The average Bonchev–Trinajstić information content (AvgIpc) is 2.45. The average molecular weight is 200 g/mol. The van der Waals surface area contributed by atoms with Crippen molar-refractivity contribution in [3.05, 3.63) is 11.6 Å². The van der Waals surface area contributed by atoms with E-state index in [1.54, 1.807) is 0 Å². The second-order valence-corrected chi connectivity index (χ2v) is 3.93. The highest BCUT2D eigenvalue weighted by Gasteiger charge is 2.33. The molecule has 14 heavy (non-hydrogen) atoms. The summed E-state index contributed by atoms with van der Waals surface area (Å²) in [5.41, 5.74) is 6.40. The van der Waals surface area contributed by atoms with Crippen LogP contribution in [0.4, 0.5) is 4.39 Å². The first-order valence-electron chi connectivity index (χ1n) is 4.84. The molecule has 0 radical (unpaired) electrons. The molecule has 1 saturated heterocycles. The van der Waals surface area contributed by atoms with Gasteiger partial charge in [-0.05, 0) is 13.8 Å². The number of nitrogens with two attached hydrogens (primary N) is 1. The van der Waals surface area contributed by atoms with E-state index in [1.165, 1.54) is 11.0 Å². The summed E-state index contributed by atoms with van der Waals surface area (Å²) in [5.74, 6) is -0.124. The first-order chi connectivity index (χ1) is 6.54. The standard InChI is InChI=1S/C10H17FN2O/c1-7(2)3-10(14)13-6-8(11)4-9(13)5-12/h3,8-9H,4-6,12H2,1-2H3/t8-,9+/m1/s1. The molecule has 1 aliphatic rings. The van der Waals surface area contributed by atoms with E-state index in [-0.39, 0.29) is 18.5 Å². The lowest BCUT2D eigenvalue weighted by molar-refractivity contribution is -0.126. The van der Waals surface area contributed by atoms with Gasteiger partial charge in [-0.1, -0.05) is 5.57 Å². The largest absolute Gasteiger partial charge is 0.332 e. The molecule has 2 atom stereocenters. The van der Waals surface area contributed by atoms with Crippen molar-refractivity contribution >= 4 is 5.91 Å². The first kappa shape index (κ1) is 11.2. The maximum atomic E-state index is 13.0. The second kappa shape index (κ2) is 4.55. The molecule has 1 fully saturated rings. The third-order valence-electron chi connectivity index (χ3n) is 2.33. The SMILES string of the molecule is CC(C)=CC(=O)N1C[C@H](F)C[C@H]1CN. The van der Waals surface area contributed by atoms with Gasteiger partial charge in [0.2, 0.25) is 5.91 Å². The molecule has 0 aromatic rings. The van der Waals surface area contributed by atoms with Crippen molar-refractivity contribution in [3.8, 4) is 0 Å². The van der Waals surface area contributed by atoms with Crippen molar-refractivity contribution in [2.75, 3.05) is 13.1 Å². The van der Waals surface area contributed by atoms with Crippen molar-refractivity contribution < 1.29 is 9.18 Å². The zero-order chi connectivity index (χ0) is 10.7. The third kappa shape index (κ3) is 2.54. The maximum Gasteiger partial charge on any atom is 0.246 e. The number of allylic oxidation sites excluding steroid dienone is 1. The Morgan fingerprint density at radius 1 is 1.64 bits per heavy atom. The van der Waals surface area contributed by atoms with E-state index in [9.17, 15) is 9.18 Å². The van der Waals surface area contributed by atoms with Gasteiger partial charge >= 0.3 is 0 Å². The van der Waals surface area contributed by atoms with Crippen LogP contribution in [0, 0.1) is 0 Å². The monoisotopic (exact) mass is 200 g/mol. The molecule has 80 valence electrons. The van der Waals surface area contributed by atoms with Crippen LogP contribution in [-0.4, -0.2) is 36.1 Å². The number of carbonyl (C=O) groups is 1. The minimum absolute atomic E-state index is 0.124. The molecule has 3 nitrogen and oxygen atoms in total. The zero-order valence-electron chi connectivity index (χ0n) is 8.66. The molecule has 1 amide bonds. The molecular weight excluding hydrogens is 183 g/mol. The maximum absolute atomic E-state index is 13.0. The van der Waals surface area contributed by atoms with E-state index < -0.39 is 6.17 Å². The summed E-state index contributed by atoms with van der Waals surface area (Å²) in [6.45, 7) is 4.21. The van der Waals surface area contributed by atoms with Crippen LogP contribution >= 0.6 is 0 Å². The number of halogens is 1. The van der Waals surface area contributed by atoms with E-state index in [2.05, 4.69) is 0 Å². The predicted molar refractivity (Wildman–Crippen MR) is 53.5 cm³/mol. The minimum atomic E-state index is -0.918. The molecular formula is C10H17FN2O. The summed E-state index contributed by atoms with van der Waals surface area (Å²) in [5, 5.41) is 0. The molecule has 0 aliphatic carbocycles. The minimum Gasteiger partial charge on any atom is -0.332 e. The number of nitrogens with zero attached hydrogens (tertiary/aromatic N) is 1. The lowest BCUT2D eigenvalue weighted by Crippen LogP contribution is -2.39. The van der Waals surface area contributed by atoms with Gasteiger partial charge in [-0.15, -0.1) is 0 Å². The Bertz CT molecular complexity index is 249. The van der Waals surface area contributed by atoms with Crippen LogP contribution in [0.25, 0.3) is 0 Å². The fraction of sp³-hybridized carbons (Fsp3) is 0.700. The fourth-order valence-electron chi connectivity index (χ4n) is 1.68. The van der Waals surface area contributed by atoms with E-state index in [4.69, 9.17) is 5.73 Å². The Morgan fingerprint density at radius 3 is 2.79 bits per heavy atom. The molecule has 4 heteroatoms. The number of alkyl halides is 1. The van der Waals surface area contributed by atoms with Crippen LogP contribution in [0.5, 0.6) is 0 Å². The molecule has 1 heterocycles. The topological polar surface area (TPSA) is 46.3 Å². The van der Waals surface area contributed by atoms with Crippen molar-refractivity contribution in [3.63, 3.8) is 0 Å². The Balaban J connectivity index is 2.67. The molecule has 0 bridgehead atoms. The van der Waals surface area contributed by atoms with Crippen molar-refractivity contribution in [2.24, 2.45) is 5.73 Å². The summed E-state index contributed by atoms with van der Waals surface area (Å²) in [6.07, 6.45) is 0.984. The van der Waals surface area contributed by atoms with Gasteiger partial charge in [0, 0.05) is 25.1 Å². The van der Waals surface area contributed by atoms with E-state index in [0.717, 1.165) is 5.57 Å². The second-order valence-electron chi connectivity index (χ2n) is 3.93. The Hall–Kier alpha value is -0.900. The number of carbonyl (C=O) groups excluding carboxylic acids is 1. The first-order valence-corrected chi connectivity index (χ1v) is 4.84. The molecule has 0 aromatic carbocycles. The number of likely N-dealkylation sites (tertiary alicyclic amines) is 1. The molecule has 0 saturated carbocycles. The summed E-state index contributed by atoms with van der Waals surface area (Å²) in [4.78, 5) is 13.1. The fourth-order valence-corrected chi connectivity index (χ4v) is 1.68. The van der Waals surface area contributed by atoms with Crippen LogP contribution in [0.1, 0.15) is 20.3 Å². The number of hydrogen-bond donors (Lipinski definition) is 1. The Morgan fingerprint density at radius 2 is 2.29 bits per heavy atom. The molecule has 0 aromatic heterocycles. The van der Waals surface area contributed by atoms with E-state index in [1.807, 2.05) is 13.8 Å². The van der Waals surface area contributed by atoms with Gasteiger partial charge in [-0.3, -0.25) is 4.79 Å². The van der Waals surface area contributed by atoms with Crippen LogP contribution in [-0.2, 0) is 4.79 Å². The lowest BCUT2D eigenvalue weighted by atomic mass is 10.2. The van der Waals surface area contributed by atoms with Gasteiger partial charge in [0.25, 0.3) is 0 Å². The van der Waals surface area contributed by atoms with E-state index in [0.29, 0.717) is 13.0 Å². The summed E-state index contributed by atoms with van der Waals surface area (Å²) in [6, 6.07) is -0.131. The quantitative estimate of drug-likeness (QED) is 0.672.